The fourth-order valence-electron chi connectivity index (χ4n) is 2.37. The Bertz CT molecular complexity index is 500. The van der Waals surface area contributed by atoms with Crippen LogP contribution < -0.4 is 10.6 Å². The molecule has 0 aromatic rings. The van der Waals surface area contributed by atoms with E-state index in [-0.39, 0.29) is 31.4 Å². The second-order valence-electron chi connectivity index (χ2n) is 8.29. The number of hydrogen-bond donors (Lipinski definition) is 2. The summed E-state index contributed by atoms with van der Waals surface area (Å²) in [5, 5.41) is 5.49. The first-order valence-corrected chi connectivity index (χ1v) is 9.55. The molecule has 3 amide bonds. The smallest absolute Gasteiger partial charge is 0.407 e. The molecule has 0 fully saturated rings. The van der Waals surface area contributed by atoms with Crippen LogP contribution in [0.25, 0.3) is 0 Å². The van der Waals surface area contributed by atoms with Gasteiger partial charge in [-0.05, 0) is 48.0 Å². The third kappa shape index (κ3) is 10.8. The molecule has 0 aliphatic carbocycles. The summed E-state index contributed by atoms with van der Waals surface area (Å²) in [5.74, 6) is -0.222. The van der Waals surface area contributed by atoms with E-state index in [1.54, 1.807) is 37.6 Å². The van der Waals surface area contributed by atoms with E-state index >= 15 is 0 Å². The Morgan fingerprint density at radius 1 is 0.963 bits per heavy atom. The largest absolute Gasteiger partial charge is 0.444 e. The van der Waals surface area contributed by atoms with Gasteiger partial charge in [-0.25, -0.2) is 4.79 Å². The predicted octanol–water partition coefficient (Wildman–Crippen LogP) is 1.60. The van der Waals surface area contributed by atoms with Gasteiger partial charge < -0.3 is 20.3 Å². The lowest BCUT2D eigenvalue weighted by molar-refractivity contribution is -0.134. The molecule has 0 aliphatic heterocycles. The van der Waals surface area contributed by atoms with E-state index in [1.165, 1.54) is 0 Å². The maximum absolute atomic E-state index is 12.5. The van der Waals surface area contributed by atoms with Gasteiger partial charge in [0.15, 0.2) is 0 Å². The van der Waals surface area contributed by atoms with E-state index in [1.807, 2.05) is 27.7 Å². The molecule has 8 nitrogen and oxygen atoms in total. The van der Waals surface area contributed by atoms with Crippen molar-refractivity contribution in [3.8, 4) is 0 Å². The van der Waals surface area contributed by atoms with Crippen LogP contribution in [0.15, 0.2) is 0 Å². The van der Waals surface area contributed by atoms with Gasteiger partial charge in [-0.1, -0.05) is 6.92 Å². The van der Waals surface area contributed by atoms with Crippen LogP contribution in [0.5, 0.6) is 0 Å². The zero-order valence-electron chi connectivity index (χ0n) is 18.3. The molecule has 0 rings (SSSR count). The summed E-state index contributed by atoms with van der Waals surface area (Å²) < 4.78 is 5.26. The van der Waals surface area contributed by atoms with Crippen molar-refractivity contribution in [2.45, 2.75) is 66.0 Å². The summed E-state index contributed by atoms with van der Waals surface area (Å²) in [6.45, 7) is 14.6. The highest BCUT2D eigenvalue weighted by Crippen LogP contribution is 2.14. The zero-order valence-corrected chi connectivity index (χ0v) is 18.3. The molecule has 27 heavy (non-hydrogen) atoms. The van der Waals surface area contributed by atoms with E-state index in [2.05, 4.69) is 10.6 Å². The van der Waals surface area contributed by atoms with Crippen LogP contribution in [0.3, 0.4) is 0 Å². The monoisotopic (exact) mass is 386 g/mol. The van der Waals surface area contributed by atoms with Gasteiger partial charge in [-0.15, -0.1) is 0 Å². The predicted molar refractivity (Wildman–Crippen MR) is 107 cm³/mol. The molecule has 8 heteroatoms. The quantitative estimate of drug-likeness (QED) is 0.595. The van der Waals surface area contributed by atoms with Gasteiger partial charge in [-0.3, -0.25) is 14.5 Å². The van der Waals surface area contributed by atoms with Crippen LogP contribution in [-0.2, 0) is 14.3 Å². The molecule has 0 aromatic carbocycles. The van der Waals surface area contributed by atoms with Crippen molar-refractivity contribution in [1.82, 2.24) is 20.4 Å². The molecule has 0 radical (unpaired) electrons. The van der Waals surface area contributed by atoms with Gasteiger partial charge >= 0.3 is 6.09 Å². The minimum Gasteiger partial charge on any atom is -0.444 e. The molecular formula is C19H38N4O4. The average Bonchev–Trinajstić information content (AvgIpc) is 2.51. The number of alkyl carbamates (subject to hydrolysis) is 1. The van der Waals surface area contributed by atoms with Crippen molar-refractivity contribution >= 4 is 17.9 Å². The topological polar surface area (TPSA) is 91.0 Å². The zero-order chi connectivity index (χ0) is 21.3. The van der Waals surface area contributed by atoms with E-state index in [4.69, 9.17) is 4.74 Å². The van der Waals surface area contributed by atoms with Crippen LogP contribution in [0.2, 0.25) is 0 Å². The molecule has 0 aliphatic rings. The molecule has 0 saturated carbocycles. The Morgan fingerprint density at radius 3 is 2.04 bits per heavy atom. The first-order valence-electron chi connectivity index (χ1n) is 9.55. The molecule has 0 unspecified atom stereocenters. The second kappa shape index (κ2) is 11.1. The Kier molecular flexibility index (Phi) is 10.4. The molecule has 0 heterocycles. The lowest BCUT2D eigenvalue weighted by Gasteiger charge is -2.38. The van der Waals surface area contributed by atoms with Gasteiger partial charge in [0, 0.05) is 32.2 Å². The normalized spacial score (nSPS) is 11.9. The summed E-state index contributed by atoms with van der Waals surface area (Å²) in [6, 6.07) is 0. The van der Waals surface area contributed by atoms with Crippen molar-refractivity contribution < 1.29 is 19.1 Å². The third-order valence-corrected chi connectivity index (χ3v) is 3.94. The number of nitrogens with zero attached hydrogens (tertiary/aromatic N) is 2. The average molecular weight is 387 g/mol. The Balaban J connectivity index is 5.11. The molecule has 2 N–H and O–H groups in total. The maximum atomic E-state index is 12.5. The minimum absolute atomic E-state index is 0.0634. The molecular weight excluding hydrogens is 348 g/mol. The lowest BCUT2D eigenvalue weighted by atomic mass is 10.0. The van der Waals surface area contributed by atoms with Gasteiger partial charge in [0.1, 0.15) is 5.60 Å². The summed E-state index contributed by atoms with van der Waals surface area (Å²) in [5.41, 5.74) is -1.21. The number of likely N-dealkylation sites (N-methyl/N-ethyl adjacent to an activating group) is 2. The minimum atomic E-state index is -0.620. The van der Waals surface area contributed by atoms with Crippen molar-refractivity contribution in [1.29, 1.82) is 0 Å². The highest BCUT2D eigenvalue weighted by atomic mass is 16.6. The fraction of sp³-hybridized carbons (Fsp3) is 0.842. The van der Waals surface area contributed by atoms with Crippen LogP contribution in [0.4, 0.5) is 4.79 Å². The summed E-state index contributed by atoms with van der Waals surface area (Å²) in [6.07, 6.45) is 0.338. The number of hydrogen-bond acceptors (Lipinski definition) is 5. The summed E-state index contributed by atoms with van der Waals surface area (Å²) in [7, 11) is 1.75. The number of carbonyl (C=O) groups is 3. The number of ether oxygens (including phenoxy) is 1. The third-order valence-electron chi connectivity index (χ3n) is 3.94. The number of nitrogens with one attached hydrogen (secondary N) is 2. The van der Waals surface area contributed by atoms with Crippen molar-refractivity contribution in [3.63, 3.8) is 0 Å². The van der Waals surface area contributed by atoms with Gasteiger partial charge in [0.25, 0.3) is 0 Å². The summed E-state index contributed by atoms with van der Waals surface area (Å²) >= 11 is 0. The van der Waals surface area contributed by atoms with Crippen molar-refractivity contribution in [2.75, 3.05) is 39.8 Å². The van der Waals surface area contributed by atoms with Crippen LogP contribution in [-0.4, -0.2) is 78.6 Å². The van der Waals surface area contributed by atoms with Gasteiger partial charge in [0.05, 0.1) is 13.1 Å². The lowest BCUT2D eigenvalue weighted by Crippen LogP contribution is -2.57. The van der Waals surface area contributed by atoms with Crippen molar-refractivity contribution in [3.05, 3.63) is 0 Å². The van der Waals surface area contributed by atoms with Crippen LogP contribution >= 0.6 is 0 Å². The number of amides is 3. The Labute approximate surface area is 164 Å². The molecule has 0 spiro atoms. The van der Waals surface area contributed by atoms with Crippen LogP contribution in [0, 0.1) is 0 Å². The van der Waals surface area contributed by atoms with Crippen LogP contribution in [0.1, 0.15) is 54.9 Å². The highest BCUT2D eigenvalue weighted by molar-refractivity contribution is 5.81. The van der Waals surface area contributed by atoms with Gasteiger partial charge in [-0.2, -0.15) is 0 Å². The van der Waals surface area contributed by atoms with Crippen molar-refractivity contribution in [2.24, 2.45) is 0 Å². The number of carbonyl (C=O) groups excluding carboxylic acids is 3. The highest BCUT2D eigenvalue weighted by Gasteiger charge is 2.32. The molecule has 0 atom stereocenters. The van der Waals surface area contributed by atoms with E-state index in [9.17, 15) is 14.4 Å². The SMILES string of the molecule is CCCN(C)C(=O)CN(CC(=O)NCC)C(C)(C)CNC(=O)OC(C)(C)C. The fourth-order valence-corrected chi connectivity index (χ4v) is 2.37. The Morgan fingerprint density at radius 2 is 1.56 bits per heavy atom. The molecule has 0 aromatic heterocycles. The molecule has 158 valence electrons. The number of rotatable bonds is 10. The Hall–Kier alpha value is -1.83. The first-order chi connectivity index (χ1) is 12.3. The maximum Gasteiger partial charge on any atom is 0.407 e. The van der Waals surface area contributed by atoms with E-state index in [0.717, 1.165) is 6.42 Å². The first kappa shape index (κ1) is 25.2. The second-order valence-corrected chi connectivity index (χ2v) is 8.29. The molecule has 0 bridgehead atoms. The molecule has 0 saturated heterocycles. The summed E-state index contributed by atoms with van der Waals surface area (Å²) in [4.78, 5) is 40.0. The van der Waals surface area contributed by atoms with E-state index in [0.29, 0.717) is 13.1 Å². The van der Waals surface area contributed by atoms with Gasteiger partial charge in [0.2, 0.25) is 11.8 Å². The standard InChI is InChI=1S/C19H38N4O4/c1-9-11-22(8)16(25)13-23(12-15(24)20-10-2)19(6,7)14-21-17(26)27-18(3,4)5/h9-14H2,1-8H3,(H,20,24)(H,21,26). The van der Waals surface area contributed by atoms with E-state index < -0.39 is 17.2 Å².